The van der Waals surface area contributed by atoms with Crippen molar-refractivity contribution < 1.29 is 4.79 Å². The summed E-state index contributed by atoms with van der Waals surface area (Å²) >= 11 is 2.01. The molecule has 25 heavy (non-hydrogen) atoms. The lowest BCUT2D eigenvalue weighted by Gasteiger charge is -2.24. The fraction of sp³-hybridized carbons (Fsp3) is 0.556. The number of benzene rings is 1. The van der Waals surface area contributed by atoms with Crippen LogP contribution in [0.5, 0.6) is 0 Å². The van der Waals surface area contributed by atoms with E-state index in [9.17, 15) is 4.79 Å². The van der Waals surface area contributed by atoms with E-state index in [1.54, 1.807) is 7.05 Å². The number of halogens is 1. The van der Waals surface area contributed by atoms with Crippen LogP contribution in [0.2, 0.25) is 0 Å². The molecule has 1 aromatic rings. The number of anilines is 1. The summed E-state index contributed by atoms with van der Waals surface area (Å²) in [5.74, 6) is 2.02. The number of thioether (sulfide) groups is 1. The Morgan fingerprint density at radius 2 is 2.16 bits per heavy atom. The summed E-state index contributed by atoms with van der Waals surface area (Å²) < 4.78 is 0.273. The maximum atomic E-state index is 12.5. The number of carbonyl (C=O) groups excluding carboxylic acids is 1. The van der Waals surface area contributed by atoms with Gasteiger partial charge in [0.05, 0.1) is 6.54 Å². The zero-order valence-electron chi connectivity index (χ0n) is 14.9. The molecule has 1 atom stereocenters. The first-order chi connectivity index (χ1) is 11.6. The second kappa shape index (κ2) is 9.12. The van der Waals surface area contributed by atoms with Crippen LogP contribution in [0.3, 0.4) is 0 Å². The van der Waals surface area contributed by atoms with Crippen molar-refractivity contribution >= 4 is 53.3 Å². The van der Waals surface area contributed by atoms with Crippen molar-refractivity contribution in [3.05, 3.63) is 29.8 Å². The Hall–Kier alpha value is -0.960. The van der Waals surface area contributed by atoms with Gasteiger partial charge in [-0.25, -0.2) is 0 Å². The molecule has 1 saturated heterocycles. The summed E-state index contributed by atoms with van der Waals surface area (Å²) in [7, 11) is 1.75. The Labute approximate surface area is 171 Å². The van der Waals surface area contributed by atoms with E-state index < -0.39 is 0 Å². The SMILES string of the molecule is CN=C(NCC(=O)N1CCc2ccccc21)NCC1(C)CCCS1.I. The molecule has 7 heteroatoms. The van der Waals surface area contributed by atoms with Crippen molar-refractivity contribution in [2.75, 3.05) is 37.3 Å². The quantitative estimate of drug-likeness (QED) is 0.401. The van der Waals surface area contributed by atoms with E-state index in [-0.39, 0.29) is 41.2 Å². The fourth-order valence-electron chi connectivity index (χ4n) is 3.32. The Bertz CT molecular complexity index is 631. The van der Waals surface area contributed by atoms with Crippen molar-refractivity contribution in [3.63, 3.8) is 0 Å². The number of hydrogen-bond donors (Lipinski definition) is 2. The number of nitrogens with one attached hydrogen (secondary N) is 2. The van der Waals surface area contributed by atoms with Gasteiger partial charge >= 0.3 is 0 Å². The number of nitrogens with zero attached hydrogens (tertiary/aromatic N) is 2. The fourth-order valence-corrected chi connectivity index (χ4v) is 4.56. The number of para-hydroxylation sites is 1. The van der Waals surface area contributed by atoms with Crippen molar-refractivity contribution in [2.24, 2.45) is 4.99 Å². The van der Waals surface area contributed by atoms with Gasteiger partial charge in [-0.3, -0.25) is 9.79 Å². The summed E-state index contributed by atoms with van der Waals surface area (Å²) in [6.07, 6.45) is 3.44. The monoisotopic (exact) mass is 474 g/mol. The molecule has 0 aliphatic carbocycles. The summed E-state index contributed by atoms with van der Waals surface area (Å²) in [5, 5.41) is 6.52. The van der Waals surface area contributed by atoms with E-state index in [0.29, 0.717) is 5.96 Å². The molecule has 0 bridgehead atoms. The van der Waals surface area contributed by atoms with E-state index in [2.05, 4.69) is 28.6 Å². The van der Waals surface area contributed by atoms with Crippen LogP contribution < -0.4 is 15.5 Å². The van der Waals surface area contributed by atoms with Crippen molar-refractivity contribution in [1.29, 1.82) is 0 Å². The van der Waals surface area contributed by atoms with E-state index in [0.717, 1.165) is 25.2 Å². The van der Waals surface area contributed by atoms with Gasteiger partial charge in [-0.05, 0) is 43.6 Å². The molecule has 1 unspecified atom stereocenters. The molecule has 1 fully saturated rings. The number of aliphatic imine (C=N–C) groups is 1. The number of fused-ring (bicyclic) bond motifs is 1. The lowest BCUT2D eigenvalue weighted by atomic mass is 10.1. The molecule has 138 valence electrons. The minimum Gasteiger partial charge on any atom is -0.355 e. The topological polar surface area (TPSA) is 56.7 Å². The van der Waals surface area contributed by atoms with Gasteiger partial charge < -0.3 is 15.5 Å². The number of amides is 1. The van der Waals surface area contributed by atoms with E-state index in [1.807, 2.05) is 34.9 Å². The Kier molecular flexibility index (Phi) is 7.42. The highest BCUT2D eigenvalue weighted by Gasteiger charge is 2.29. The summed E-state index contributed by atoms with van der Waals surface area (Å²) in [6.45, 7) is 4.19. The molecule has 0 radical (unpaired) electrons. The number of rotatable bonds is 4. The van der Waals surface area contributed by atoms with Gasteiger partial charge in [0.25, 0.3) is 0 Å². The standard InChI is InChI=1S/C18H26N4OS.HI/c1-18(9-5-11-24-18)13-21-17(19-2)20-12-16(23)22-10-8-14-6-3-4-7-15(14)22;/h3-4,6-7H,5,8-13H2,1-2H3,(H2,19,20,21);1H. The van der Waals surface area contributed by atoms with Gasteiger partial charge in [-0.2, -0.15) is 11.8 Å². The minimum atomic E-state index is 0. The lowest BCUT2D eigenvalue weighted by molar-refractivity contribution is -0.117. The molecule has 2 N–H and O–H groups in total. The first kappa shape index (κ1) is 20.4. The average Bonchev–Trinajstić information content (AvgIpc) is 3.21. The third kappa shape index (κ3) is 5.03. The molecule has 3 rings (SSSR count). The van der Waals surface area contributed by atoms with Crippen molar-refractivity contribution in [2.45, 2.75) is 30.9 Å². The van der Waals surface area contributed by atoms with Gasteiger partial charge in [0, 0.05) is 30.6 Å². The van der Waals surface area contributed by atoms with Crippen LogP contribution >= 0.6 is 35.7 Å². The van der Waals surface area contributed by atoms with Crippen LogP contribution in [0.25, 0.3) is 0 Å². The average molecular weight is 474 g/mol. The first-order valence-electron chi connectivity index (χ1n) is 8.58. The van der Waals surface area contributed by atoms with Crippen molar-refractivity contribution in [3.8, 4) is 0 Å². The number of guanidine groups is 1. The maximum Gasteiger partial charge on any atom is 0.246 e. The van der Waals surface area contributed by atoms with Crippen LogP contribution in [-0.2, 0) is 11.2 Å². The van der Waals surface area contributed by atoms with E-state index in [4.69, 9.17) is 0 Å². The molecule has 2 heterocycles. The van der Waals surface area contributed by atoms with Crippen LogP contribution in [0.4, 0.5) is 5.69 Å². The second-order valence-electron chi connectivity index (χ2n) is 6.61. The largest absolute Gasteiger partial charge is 0.355 e. The molecule has 1 aromatic carbocycles. The van der Waals surface area contributed by atoms with Gasteiger partial charge in [-0.15, -0.1) is 24.0 Å². The minimum absolute atomic E-state index is 0. The van der Waals surface area contributed by atoms with Crippen LogP contribution in [0, 0.1) is 0 Å². The number of carbonyl (C=O) groups is 1. The highest BCUT2D eigenvalue weighted by atomic mass is 127. The van der Waals surface area contributed by atoms with E-state index >= 15 is 0 Å². The highest BCUT2D eigenvalue weighted by molar-refractivity contribution is 14.0. The van der Waals surface area contributed by atoms with Crippen LogP contribution in [0.15, 0.2) is 29.3 Å². The second-order valence-corrected chi connectivity index (χ2v) is 8.29. The zero-order valence-corrected chi connectivity index (χ0v) is 18.0. The van der Waals surface area contributed by atoms with Gasteiger partial charge in [-0.1, -0.05) is 18.2 Å². The molecule has 2 aliphatic heterocycles. The molecule has 0 aromatic heterocycles. The molecular weight excluding hydrogens is 447 g/mol. The zero-order chi connectivity index (χ0) is 17.0. The van der Waals surface area contributed by atoms with Crippen molar-refractivity contribution in [1.82, 2.24) is 10.6 Å². The predicted molar refractivity (Wildman–Crippen MR) is 117 cm³/mol. The Morgan fingerprint density at radius 3 is 2.88 bits per heavy atom. The first-order valence-corrected chi connectivity index (χ1v) is 9.57. The summed E-state index contributed by atoms with van der Waals surface area (Å²) in [6, 6.07) is 8.12. The van der Waals surface area contributed by atoms with Gasteiger partial charge in [0.2, 0.25) is 5.91 Å². The Balaban J connectivity index is 0.00000225. The molecule has 1 amide bonds. The maximum absolute atomic E-state index is 12.5. The van der Waals surface area contributed by atoms with E-state index in [1.165, 1.54) is 24.2 Å². The third-order valence-electron chi connectivity index (χ3n) is 4.75. The number of hydrogen-bond acceptors (Lipinski definition) is 3. The van der Waals surface area contributed by atoms with Gasteiger partial charge in [0.15, 0.2) is 5.96 Å². The van der Waals surface area contributed by atoms with Crippen LogP contribution in [0.1, 0.15) is 25.3 Å². The molecule has 0 spiro atoms. The smallest absolute Gasteiger partial charge is 0.246 e. The predicted octanol–water partition coefficient (Wildman–Crippen LogP) is 2.64. The Morgan fingerprint density at radius 1 is 1.36 bits per heavy atom. The molecule has 5 nitrogen and oxygen atoms in total. The van der Waals surface area contributed by atoms with Gasteiger partial charge in [0.1, 0.15) is 0 Å². The lowest BCUT2D eigenvalue weighted by Crippen LogP contribution is -2.47. The third-order valence-corrected chi connectivity index (χ3v) is 6.29. The highest BCUT2D eigenvalue weighted by Crippen LogP contribution is 2.36. The van der Waals surface area contributed by atoms with Crippen LogP contribution in [-0.4, -0.2) is 49.0 Å². The molecule has 0 saturated carbocycles. The summed E-state index contributed by atoms with van der Waals surface area (Å²) in [4.78, 5) is 18.6. The normalized spacial score (nSPS) is 22.3. The summed E-state index contributed by atoms with van der Waals surface area (Å²) in [5.41, 5.74) is 2.29. The molecule has 2 aliphatic rings. The molecular formula is C18H27IN4OS.